The van der Waals surface area contributed by atoms with Crippen LogP contribution in [-0.4, -0.2) is 16.2 Å². The van der Waals surface area contributed by atoms with Gasteiger partial charge in [0.15, 0.2) is 0 Å². The van der Waals surface area contributed by atoms with E-state index in [4.69, 9.17) is 10.8 Å². The molecule has 1 aromatic heterocycles. The van der Waals surface area contributed by atoms with E-state index in [0.29, 0.717) is 5.69 Å². The van der Waals surface area contributed by atoms with Gasteiger partial charge in [-0.25, -0.2) is 9.78 Å². The Kier molecular flexibility index (Phi) is 3.47. The quantitative estimate of drug-likeness (QED) is 0.742. The number of benzene rings is 1. The van der Waals surface area contributed by atoms with Crippen molar-refractivity contribution in [1.82, 2.24) is 10.3 Å². The summed E-state index contributed by atoms with van der Waals surface area (Å²) in [5.74, 6) is 0. The van der Waals surface area contributed by atoms with Crippen molar-refractivity contribution >= 4 is 23.1 Å². The van der Waals surface area contributed by atoms with E-state index in [1.54, 1.807) is 16.8 Å². The van der Waals surface area contributed by atoms with Gasteiger partial charge in [-0.1, -0.05) is 12.1 Å². The van der Waals surface area contributed by atoms with Crippen LogP contribution >= 0.6 is 11.3 Å². The number of anilines is 1. The van der Waals surface area contributed by atoms with Crippen LogP contribution in [0.4, 0.5) is 10.5 Å². The van der Waals surface area contributed by atoms with Crippen LogP contribution < -0.4 is 11.1 Å². The van der Waals surface area contributed by atoms with Gasteiger partial charge in [0.25, 0.3) is 0 Å². The van der Waals surface area contributed by atoms with Gasteiger partial charge < -0.3 is 16.2 Å². The van der Waals surface area contributed by atoms with Gasteiger partial charge in [-0.05, 0) is 24.1 Å². The minimum Gasteiger partial charge on any atom is -0.465 e. The molecular formula is C12H13N3O2S. The van der Waals surface area contributed by atoms with Crippen molar-refractivity contribution in [2.24, 2.45) is 0 Å². The van der Waals surface area contributed by atoms with Gasteiger partial charge >= 0.3 is 6.09 Å². The first-order valence-corrected chi connectivity index (χ1v) is 6.21. The van der Waals surface area contributed by atoms with Crippen LogP contribution in [0, 0.1) is 6.92 Å². The molecular weight excluding hydrogens is 250 g/mol. The lowest BCUT2D eigenvalue weighted by atomic mass is 10.1. The third-order valence-corrected chi connectivity index (χ3v) is 3.56. The topological polar surface area (TPSA) is 88.2 Å². The largest absolute Gasteiger partial charge is 0.465 e. The molecule has 0 unspecified atom stereocenters. The summed E-state index contributed by atoms with van der Waals surface area (Å²) in [6.45, 7) is 2.16. The monoisotopic (exact) mass is 263 g/mol. The van der Waals surface area contributed by atoms with Crippen molar-refractivity contribution < 1.29 is 9.90 Å². The van der Waals surface area contributed by atoms with E-state index in [-0.39, 0.29) is 6.54 Å². The minimum atomic E-state index is -1.06. The molecule has 0 aliphatic carbocycles. The lowest BCUT2D eigenvalue weighted by molar-refractivity contribution is 0.194. The number of hydrogen-bond donors (Lipinski definition) is 3. The summed E-state index contributed by atoms with van der Waals surface area (Å²) in [6.07, 6.45) is -1.06. The molecule has 4 N–H and O–H groups in total. The summed E-state index contributed by atoms with van der Waals surface area (Å²) < 4.78 is 0. The fourth-order valence-electron chi connectivity index (χ4n) is 1.65. The molecule has 18 heavy (non-hydrogen) atoms. The highest BCUT2D eigenvalue weighted by molar-refractivity contribution is 7.13. The second kappa shape index (κ2) is 5.05. The molecule has 2 aromatic rings. The maximum atomic E-state index is 10.4. The first kappa shape index (κ1) is 12.4. The van der Waals surface area contributed by atoms with Gasteiger partial charge in [0.05, 0.1) is 16.1 Å². The van der Waals surface area contributed by atoms with E-state index in [9.17, 15) is 4.79 Å². The predicted molar refractivity (Wildman–Crippen MR) is 71.6 cm³/mol. The summed E-state index contributed by atoms with van der Waals surface area (Å²) in [7, 11) is 0. The SMILES string of the molecule is Cc1ncsc1-c1ccc(CNC(=O)O)c(N)c1. The summed E-state index contributed by atoms with van der Waals surface area (Å²) >= 11 is 1.56. The van der Waals surface area contributed by atoms with Gasteiger partial charge in [-0.2, -0.15) is 0 Å². The average molecular weight is 263 g/mol. The average Bonchev–Trinajstić information content (AvgIpc) is 2.73. The number of nitrogen functional groups attached to an aromatic ring is 1. The fraction of sp³-hybridized carbons (Fsp3) is 0.167. The molecule has 6 heteroatoms. The molecule has 0 radical (unpaired) electrons. The fourth-order valence-corrected chi connectivity index (χ4v) is 2.45. The molecule has 0 aliphatic rings. The second-order valence-electron chi connectivity index (χ2n) is 3.84. The lowest BCUT2D eigenvalue weighted by Gasteiger charge is -2.07. The van der Waals surface area contributed by atoms with Crippen LogP contribution in [0.5, 0.6) is 0 Å². The first-order chi connectivity index (χ1) is 8.58. The lowest BCUT2D eigenvalue weighted by Crippen LogP contribution is -2.20. The Balaban J connectivity index is 2.25. The second-order valence-corrected chi connectivity index (χ2v) is 4.69. The third-order valence-electron chi connectivity index (χ3n) is 2.58. The van der Waals surface area contributed by atoms with Crippen LogP contribution in [-0.2, 0) is 6.54 Å². The third kappa shape index (κ3) is 2.60. The maximum Gasteiger partial charge on any atom is 0.404 e. The molecule has 0 bridgehead atoms. The number of aromatic nitrogens is 1. The molecule has 0 atom stereocenters. The summed E-state index contributed by atoms with van der Waals surface area (Å²) in [4.78, 5) is 15.7. The molecule has 94 valence electrons. The van der Waals surface area contributed by atoms with E-state index >= 15 is 0 Å². The number of hydrogen-bond acceptors (Lipinski definition) is 4. The Hall–Kier alpha value is -2.08. The van der Waals surface area contributed by atoms with Crippen molar-refractivity contribution in [3.05, 3.63) is 35.0 Å². The normalized spacial score (nSPS) is 10.3. The van der Waals surface area contributed by atoms with Crippen molar-refractivity contribution in [2.45, 2.75) is 13.5 Å². The van der Waals surface area contributed by atoms with Crippen LogP contribution in [0.2, 0.25) is 0 Å². The first-order valence-electron chi connectivity index (χ1n) is 5.33. The molecule has 0 fully saturated rings. The standard InChI is InChI=1S/C12H13N3O2S/c1-7-11(18-6-15-7)8-2-3-9(10(13)4-8)5-14-12(16)17/h2-4,6,14H,5,13H2,1H3,(H,16,17). The molecule has 2 rings (SSSR count). The molecule has 5 nitrogen and oxygen atoms in total. The van der Waals surface area contributed by atoms with Crippen LogP contribution in [0.3, 0.4) is 0 Å². The number of nitrogens with one attached hydrogen (secondary N) is 1. The molecule has 1 heterocycles. The Bertz CT molecular complexity index is 580. The van der Waals surface area contributed by atoms with E-state index in [1.807, 2.05) is 25.1 Å². The molecule has 1 amide bonds. The van der Waals surface area contributed by atoms with Gasteiger partial charge in [-0.3, -0.25) is 0 Å². The van der Waals surface area contributed by atoms with Gasteiger partial charge in [0.2, 0.25) is 0 Å². The number of carboxylic acid groups (broad SMARTS) is 1. The van der Waals surface area contributed by atoms with E-state index in [2.05, 4.69) is 10.3 Å². The predicted octanol–water partition coefficient (Wildman–Crippen LogP) is 2.47. The van der Waals surface area contributed by atoms with Crippen molar-refractivity contribution in [3.8, 4) is 10.4 Å². The zero-order valence-electron chi connectivity index (χ0n) is 9.80. The molecule has 0 spiro atoms. The Morgan fingerprint density at radius 1 is 1.56 bits per heavy atom. The number of nitrogens with zero attached hydrogens (tertiary/aromatic N) is 1. The Morgan fingerprint density at radius 2 is 2.33 bits per heavy atom. The number of amides is 1. The highest BCUT2D eigenvalue weighted by atomic mass is 32.1. The number of rotatable bonds is 3. The maximum absolute atomic E-state index is 10.4. The summed E-state index contributed by atoms with van der Waals surface area (Å²) in [5, 5.41) is 10.8. The highest BCUT2D eigenvalue weighted by Gasteiger charge is 2.07. The van der Waals surface area contributed by atoms with Crippen molar-refractivity contribution in [3.63, 3.8) is 0 Å². The smallest absolute Gasteiger partial charge is 0.404 e. The van der Waals surface area contributed by atoms with E-state index < -0.39 is 6.09 Å². The highest BCUT2D eigenvalue weighted by Crippen LogP contribution is 2.29. The summed E-state index contributed by atoms with van der Waals surface area (Å²) in [5.41, 5.74) is 11.0. The number of thiazole rings is 1. The minimum absolute atomic E-state index is 0.211. The van der Waals surface area contributed by atoms with Gasteiger partial charge in [-0.15, -0.1) is 11.3 Å². The molecule has 0 aliphatic heterocycles. The van der Waals surface area contributed by atoms with E-state index in [0.717, 1.165) is 21.7 Å². The van der Waals surface area contributed by atoms with Crippen molar-refractivity contribution in [1.29, 1.82) is 0 Å². The van der Waals surface area contributed by atoms with Crippen LogP contribution in [0.25, 0.3) is 10.4 Å². The molecule has 0 saturated carbocycles. The van der Waals surface area contributed by atoms with Gasteiger partial charge in [0.1, 0.15) is 0 Å². The number of carbonyl (C=O) groups is 1. The van der Waals surface area contributed by atoms with E-state index in [1.165, 1.54) is 0 Å². The summed E-state index contributed by atoms with van der Waals surface area (Å²) in [6, 6.07) is 5.61. The number of aryl methyl sites for hydroxylation is 1. The van der Waals surface area contributed by atoms with Crippen molar-refractivity contribution in [2.75, 3.05) is 5.73 Å². The Morgan fingerprint density at radius 3 is 2.89 bits per heavy atom. The Labute approximate surface area is 108 Å². The van der Waals surface area contributed by atoms with Crippen LogP contribution in [0.1, 0.15) is 11.3 Å². The number of nitrogens with two attached hydrogens (primary N) is 1. The zero-order chi connectivity index (χ0) is 13.1. The zero-order valence-corrected chi connectivity index (χ0v) is 10.6. The molecule has 0 saturated heterocycles. The van der Waals surface area contributed by atoms with Crippen LogP contribution in [0.15, 0.2) is 23.7 Å². The molecule has 1 aromatic carbocycles. The van der Waals surface area contributed by atoms with Gasteiger partial charge in [0, 0.05) is 12.2 Å².